The summed E-state index contributed by atoms with van der Waals surface area (Å²) < 4.78 is 0. The van der Waals surface area contributed by atoms with Crippen LogP contribution in [0.1, 0.15) is 5.56 Å². The monoisotopic (exact) mass is 275 g/mol. The van der Waals surface area contributed by atoms with Gasteiger partial charge in [-0.25, -0.2) is 5.43 Å². The van der Waals surface area contributed by atoms with E-state index in [1.807, 2.05) is 0 Å². The Hall–Kier alpha value is -1.70. The summed E-state index contributed by atoms with van der Waals surface area (Å²) in [4.78, 5) is 11.2. The van der Waals surface area contributed by atoms with Crippen LogP contribution in [-0.4, -0.2) is 33.1 Å². The third-order valence-corrected chi connectivity index (χ3v) is 2.54. The van der Waals surface area contributed by atoms with Crippen LogP contribution in [0.15, 0.2) is 12.1 Å². The third-order valence-electron chi connectivity index (χ3n) is 2.21. The van der Waals surface area contributed by atoms with Crippen LogP contribution in [0, 0.1) is 0 Å². The topological polar surface area (TPSA) is 128 Å². The second-order valence-corrected chi connectivity index (χ2v) is 3.85. The Bertz CT molecular complexity index is 441. The summed E-state index contributed by atoms with van der Waals surface area (Å²) in [5, 5.41) is 27.9. The predicted octanol–water partition coefficient (Wildman–Crippen LogP) is -0.510. The third kappa shape index (κ3) is 3.39. The Kier molecular flexibility index (Phi) is 5.02. The van der Waals surface area contributed by atoms with Crippen molar-refractivity contribution in [2.45, 2.75) is 12.6 Å². The van der Waals surface area contributed by atoms with Crippen molar-refractivity contribution in [1.29, 1.82) is 0 Å². The Labute approximate surface area is 108 Å². The normalized spacial score (nSPS) is 12.1. The number of hydrogen-bond donors (Lipinski definition) is 6. The first-order valence-corrected chi connectivity index (χ1v) is 5.57. The van der Waals surface area contributed by atoms with Gasteiger partial charge >= 0.3 is 0 Å². The molecule has 1 rings (SSSR count). The number of rotatable bonds is 5. The Morgan fingerprint density at radius 3 is 2.61 bits per heavy atom. The molecule has 0 bridgehead atoms. The highest BCUT2D eigenvalue weighted by Gasteiger charge is 2.13. The van der Waals surface area contributed by atoms with Crippen molar-refractivity contribution in [2.75, 3.05) is 5.88 Å². The lowest BCUT2D eigenvalue weighted by atomic mass is 10.2. The van der Waals surface area contributed by atoms with Gasteiger partial charge < -0.3 is 21.1 Å². The van der Waals surface area contributed by atoms with E-state index < -0.39 is 29.2 Å². The van der Waals surface area contributed by atoms with Gasteiger partial charge in [0.05, 0.1) is 6.04 Å². The van der Waals surface area contributed by atoms with Crippen LogP contribution < -0.4 is 16.6 Å². The highest BCUT2D eigenvalue weighted by Crippen LogP contribution is 2.36. The summed E-state index contributed by atoms with van der Waals surface area (Å²) >= 11 is 5.39. The molecule has 0 aliphatic rings. The maximum Gasteiger partial charge on any atom is 0.252 e. The fourth-order valence-electron chi connectivity index (χ4n) is 1.14. The highest BCUT2D eigenvalue weighted by atomic mass is 35.5. The lowest BCUT2D eigenvalue weighted by Crippen LogP contribution is -2.47. The zero-order valence-electron chi connectivity index (χ0n) is 9.35. The number of hydrogen-bond acceptors (Lipinski definition) is 6. The van der Waals surface area contributed by atoms with Gasteiger partial charge in [-0.15, -0.1) is 11.6 Å². The van der Waals surface area contributed by atoms with Crippen molar-refractivity contribution < 1.29 is 20.1 Å². The van der Waals surface area contributed by atoms with Gasteiger partial charge in [-0.1, -0.05) is 6.07 Å². The first kappa shape index (κ1) is 14.4. The van der Waals surface area contributed by atoms with Crippen LogP contribution in [0.25, 0.3) is 0 Å². The number of carbonyl (C=O) groups is 1. The number of aromatic hydroxyl groups is 3. The van der Waals surface area contributed by atoms with E-state index >= 15 is 0 Å². The molecular formula is C10H14ClN3O4. The summed E-state index contributed by atoms with van der Waals surface area (Å²) in [5.74, 6) is -2.01. The van der Waals surface area contributed by atoms with Gasteiger partial charge in [-0.05, 0) is 6.07 Å². The van der Waals surface area contributed by atoms with E-state index in [0.717, 1.165) is 0 Å². The minimum absolute atomic E-state index is 0.0151. The molecule has 1 unspecified atom stereocenters. The molecule has 0 fully saturated rings. The molecule has 18 heavy (non-hydrogen) atoms. The number of carbonyl (C=O) groups excluding carboxylic acids is 1. The van der Waals surface area contributed by atoms with Crippen molar-refractivity contribution in [3.63, 3.8) is 0 Å². The summed E-state index contributed by atoms with van der Waals surface area (Å²) in [7, 11) is 0. The Morgan fingerprint density at radius 1 is 1.33 bits per heavy atom. The van der Waals surface area contributed by atoms with Crippen LogP contribution >= 0.6 is 11.6 Å². The molecule has 8 heteroatoms. The molecule has 1 aromatic rings. The van der Waals surface area contributed by atoms with E-state index in [2.05, 4.69) is 10.9 Å². The molecule has 1 amide bonds. The Balaban J connectivity index is 2.55. The number of benzene rings is 1. The summed E-state index contributed by atoms with van der Waals surface area (Å²) in [6.45, 7) is 0.0421. The minimum atomic E-state index is -0.832. The smallest absolute Gasteiger partial charge is 0.252 e. The number of phenols is 3. The van der Waals surface area contributed by atoms with Crippen molar-refractivity contribution in [3.8, 4) is 17.2 Å². The number of alkyl halides is 1. The van der Waals surface area contributed by atoms with Gasteiger partial charge in [0.15, 0.2) is 11.5 Å². The SMILES string of the molecule is NC(CCl)C(=O)NNCc1ccc(O)c(O)c1O. The van der Waals surface area contributed by atoms with Crippen LogP contribution in [0.4, 0.5) is 0 Å². The average molecular weight is 276 g/mol. The van der Waals surface area contributed by atoms with Gasteiger partial charge in [-0.2, -0.15) is 0 Å². The summed E-state index contributed by atoms with van der Waals surface area (Å²) in [6, 6.07) is 1.78. The van der Waals surface area contributed by atoms with E-state index in [-0.39, 0.29) is 12.4 Å². The lowest BCUT2D eigenvalue weighted by molar-refractivity contribution is -0.122. The molecule has 1 aromatic carbocycles. The molecule has 0 radical (unpaired) electrons. The van der Waals surface area contributed by atoms with Crippen molar-refractivity contribution in [1.82, 2.24) is 10.9 Å². The molecule has 0 saturated heterocycles. The number of halogens is 1. The highest BCUT2D eigenvalue weighted by molar-refractivity contribution is 6.19. The predicted molar refractivity (Wildman–Crippen MR) is 65.1 cm³/mol. The molecule has 1 atom stereocenters. The second-order valence-electron chi connectivity index (χ2n) is 3.54. The molecule has 7 N–H and O–H groups in total. The van der Waals surface area contributed by atoms with Crippen LogP contribution in [-0.2, 0) is 11.3 Å². The minimum Gasteiger partial charge on any atom is -0.504 e. The van der Waals surface area contributed by atoms with Gasteiger partial charge in [0, 0.05) is 18.0 Å². The maximum absolute atomic E-state index is 11.2. The molecule has 0 aliphatic carbocycles. The van der Waals surface area contributed by atoms with Crippen LogP contribution in [0.2, 0.25) is 0 Å². The first-order valence-electron chi connectivity index (χ1n) is 5.04. The molecule has 0 aromatic heterocycles. The molecule has 0 saturated carbocycles. The fourth-order valence-corrected chi connectivity index (χ4v) is 1.28. The quantitative estimate of drug-likeness (QED) is 0.244. The van der Waals surface area contributed by atoms with Crippen molar-refractivity contribution >= 4 is 17.5 Å². The molecular weight excluding hydrogens is 262 g/mol. The van der Waals surface area contributed by atoms with E-state index in [1.165, 1.54) is 12.1 Å². The molecule has 0 heterocycles. The van der Waals surface area contributed by atoms with E-state index in [1.54, 1.807) is 0 Å². The molecule has 0 spiro atoms. The lowest BCUT2D eigenvalue weighted by Gasteiger charge is -2.12. The van der Waals surface area contributed by atoms with Crippen molar-refractivity contribution in [2.24, 2.45) is 5.73 Å². The van der Waals surface area contributed by atoms with Gasteiger partial charge in [0.2, 0.25) is 5.75 Å². The number of hydrazine groups is 1. The maximum atomic E-state index is 11.2. The Morgan fingerprint density at radius 2 is 2.00 bits per heavy atom. The van der Waals surface area contributed by atoms with E-state index in [9.17, 15) is 15.0 Å². The zero-order valence-corrected chi connectivity index (χ0v) is 10.1. The summed E-state index contributed by atoms with van der Waals surface area (Å²) in [6.07, 6.45) is 0. The van der Waals surface area contributed by atoms with Gasteiger partial charge in [-0.3, -0.25) is 10.2 Å². The standard InChI is InChI=1S/C10H14ClN3O4/c11-3-6(12)10(18)14-13-4-5-1-2-7(15)9(17)8(5)16/h1-2,6,13,15-17H,3-4,12H2,(H,14,18). The largest absolute Gasteiger partial charge is 0.504 e. The molecule has 0 aliphatic heterocycles. The summed E-state index contributed by atoms with van der Waals surface area (Å²) in [5.41, 5.74) is 10.5. The van der Waals surface area contributed by atoms with E-state index in [0.29, 0.717) is 5.56 Å². The average Bonchev–Trinajstić information content (AvgIpc) is 2.37. The zero-order chi connectivity index (χ0) is 13.7. The van der Waals surface area contributed by atoms with Crippen molar-refractivity contribution in [3.05, 3.63) is 17.7 Å². The second kappa shape index (κ2) is 6.29. The first-order chi connectivity index (χ1) is 8.47. The van der Waals surface area contributed by atoms with Gasteiger partial charge in [0.25, 0.3) is 5.91 Å². The van der Waals surface area contributed by atoms with Crippen LogP contribution in [0.5, 0.6) is 17.2 Å². The molecule has 7 nitrogen and oxygen atoms in total. The number of nitrogens with two attached hydrogens (primary N) is 1. The van der Waals surface area contributed by atoms with Gasteiger partial charge in [0.1, 0.15) is 0 Å². The van der Waals surface area contributed by atoms with E-state index in [4.69, 9.17) is 22.4 Å². The number of phenolic OH excluding ortho intramolecular Hbond substituents is 3. The molecule has 100 valence electrons. The van der Waals surface area contributed by atoms with Crippen LogP contribution in [0.3, 0.4) is 0 Å². The number of amides is 1. The fraction of sp³-hybridized carbons (Fsp3) is 0.300. The number of nitrogens with one attached hydrogen (secondary N) is 2.